The summed E-state index contributed by atoms with van der Waals surface area (Å²) in [6.45, 7) is 2.82. The molecule has 0 saturated heterocycles. The van der Waals surface area contributed by atoms with Gasteiger partial charge < -0.3 is 10.2 Å². The number of hydrogen-bond donors (Lipinski definition) is 2. The standard InChI is InChI=1S/C14H20ClN3O2/c1-11(15)13(19)17-14(20)16-9-6-10-18(2)12-7-4-3-5-8-12/h3-5,7-8,11H,6,9-10H2,1-2H3,(H2,16,17,19,20). The van der Waals surface area contributed by atoms with Gasteiger partial charge in [0, 0.05) is 25.8 Å². The average Bonchev–Trinajstić information content (AvgIpc) is 2.44. The molecule has 0 aliphatic heterocycles. The number of carbonyl (C=O) groups is 2. The van der Waals surface area contributed by atoms with Crippen molar-refractivity contribution in [3.8, 4) is 0 Å². The van der Waals surface area contributed by atoms with Gasteiger partial charge in [-0.25, -0.2) is 4.79 Å². The second-order valence-corrected chi connectivity index (χ2v) is 5.13. The Labute approximate surface area is 124 Å². The third kappa shape index (κ3) is 5.93. The zero-order valence-corrected chi connectivity index (χ0v) is 12.5. The van der Waals surface area contributed by atoms with Crippen LogP contribution in [0, 0.1) is 0 Å². The topological polar surface area (TPSA) is 61.4 Å². The quantitative estimate of drug-likeness (QED) is 0.623. The van der Waals surface area contributed by atoms with Crippen molar-refractivity contribution in [1.29, 1.82) is 0 Å². The molecule has 1 unspecified atom stereocenters. The number of para-hydroxylation sites is 1. The van der Waals surface area contributed by atoms with Crippen LogP contribution in [0.15, 0.2) is 30.3 Å². The summed E-state index contributed by atoms with van der Waals surface area (Å²) >= 11 is 5.54. The molecule has 0 bridgehead atoms. The zero-order chi connectivity index (χ0) is 15.0. The van der Waals surface area contributed by atoms with Crippen LogP contribution in [0.5, 0.6) is 0 Å². The molecule has 0 radical (unpaired) electrons. The number of alkyl halides is 1. The number of nitrogens with one attached hydrogen (secondary N) is 2. The maximum atomic E-state index is 11.4. The van der Waals surface area contributed by atoms with Crippen LogP contribution in [0.25, 0.3) is 0 Å². The minimum absolute atomic E-state index is 0.493. The van der Waals surface area contributed by atoms with Crippen molar-refractivity contribution in [2.45, 2.75) is 18.7 Å². The van der Waals surface area contributed by atoms with E-state index in [1.807, 2.05) is 37.4 Å². The number of amides is 3. The first kappa shape index (κ1) is 16.3. The predicted octanol–water partition coefficient (Wildman–Crippen LogP) is 1.97. The number of anilines is 1. The van der Waals surface area contributed by atoms with Crippen molar-refractivity contribution in [2.24, 2.45) is 0 Å². The third-order valence-corrected chi connectivity index (χ3v) is 2.95. The van der Waals surface area contributed by atoms with Gasteiger partial charge in [-0.15, -0.1) is 11.6 Å². The lowest BCUT2D eigenvalue weighted by Crippen LogP contribution is -2.42. The van der Waals surface area contributed by atoms with E-state index in [0.717, 1.165) is 18.7 Å². The highest BCUT2D eigenvalue weighted by atomic mass is 35.5. The molecule has 6 heteroatoms. The lowest BCUT2D eigenvalue weighted by molar-refractivity contribution is -0.119. The summed E-state index contributed by atoms with van der Waals surface area (Å²) in [6.07, 6.45) is 0.781. The summed E-state index contributed by atoms with van der Waals surface area (Å²) in [5.74, 6) is -0.495. The first-order valence-electron chi connectivity index (χ1n) is 6.49. The van der Waals surface area contributed by atoms with Crippen molar-refractivity contribution >= 4 is 29.2 Å². The number of urea groups is 1. The van der Waals surface area contributed by atoms with Gasteiger partial charge in [0.25, 0.3) is 0 Å². The second-order valence-electron chi connectivity index (χ2n) is 4.47. The Morgan fingerprint density at radius 2 is 1.95 bits per heavy atom. The van der Waals surface area contributed by atoms with Crippen LogP contribution in [0.1, 0.15) is 13.3 Å². The summed E-state index contributed by atoms with van der Waals surface area (Å²) in [6, 6.07) is 9.48. The van der Waals surface area contributed by atoms with E-state index in [1.165, 1.54) is 6.92 Å². The smallest absolute Gasteiger partial charge is 0.321 e. The van der Waals surface area contributed by atoms with Gasteiger partial charge >= 0.3 is 6.03 Å². The van der Waals surface area contributed by atoms with Gasteiger partial charge in [-0.2, -0.15) is 0 Å². The van der Waals surface area contributed by atoms with E-state index in [9.17, 15) is 9.59 Å². The van der Waals surface area contributed by atoms with Gasteiger partial charge in [0.1, 0.15) is 5.38 Å². The Bertz CT molecular complexity index is 437. The van der Waals surface area contributed by atoms with Gasteiger partial charge in [-0.05, 0) is 25.5 Å². The molecule has 1 aromatic rings. The minimum atomic E-state index is -0.718. The molecule has 0 heterocycles. The lowest BCUT2D eigenvalue weighted by Gasteiger charge is -2.19. The molecule has 0 aliphatic carbocycles. The van der Waals surface area contributed by atoms with Gasteiger partial charge in [0.05, 0.1) is 0 Å². The van der Waals surface area contributed by atoms with Crippen LogP contribution in [-0.2, 0) is 4.79 Å². The zero-order valence-electron chi connectivity index (χ0n) is 11.7. The lowest BCUT2D eigenvalue weighted by atomic mass is 10.3. The molecule has 1 rings (SSSR count). The highest BCUT2D eigenvalue weighted by molar-refractivity contribution is 6.31. The van der Waals surface area contributed by atoms with E-state index < -0.39 is 17.3 Å². The summed E-state index contributed by atoms with van der Waals surface area (Å²) < 4.78 is 0. The number of imide groups is 1. The van der Waals surface area contributed by atoms with E-state index in [-0.39, 0.29) is 0 Å². The normalized spacial score (nSPS) is 11.6. The summed E-state index contributed by atoms with van der Waals surface area (Å²) in [5, 5.41) is 4.07. The van der Waals surface area contributed by atoms with E-state index in [1.54, 1.807) is 0 Å². The molecule has 3 amide bonds. The van der Waals surface area contributed by atoms with Gasteiger partial charge in [-0.3, -0.25) is 10.1 Å². The van der Waals surface area contributed by atoms with Crippen LogP contribution < -0.4 is 15.5 Å². The molecule has 0 aliphatic rings. The van der Waals surface area contributed by atoms with Crippen LogP contribution in [0.3, 0.4) is 0 Å². The molecule has 0 fully saturated rings. The fraction of sp³-hybridized carbons (Fsp3) is 0.429. The van der Waals surface area contributed by atoms with E-state index in [2.05, 4.69) is 15.5 Å². The summed E-state index contributed by atoms with van der Waals surface area (Å²) in [7, 11) is 1.99. The minimum Gasteiger partial charge on any atom is -0.375 e. The molecule has 5 nitrogen and oxygen atoms in total. The van der Waals surface area contributed by atoms with Crippen molar-refractivity contribution in [3.63, 3.8) is 0 Å². The van der Waals surface area contributed by atoms with Crippen LogP contribution in [-0.4, -0.2) is 37.5 Å². The second kappa shape index (κ2) is 8.43. The van der Waals surface area contributed by atoms with Crippen LogP contribution >= 0.6 is 11.6 Å². The molecule has 0 spiro atoms. The van der Waals surface area contributed by atoms with Crippen molar-refractivity contribution in [1.82, 2.24) is 10.6 Å². The fourth-order valence-electron chi connectivity index (χ4n) is 1.59. The Morgan fingerprint density at radius 3 is 2.55 bits per heavy atom. The van der Waals surface area contributed by atoms with E-state index >= 15 is 0 Å². The van der Waals surface area contributed by atoms with E-state index in [0.29, 0.717) is 6.54 Å². The molecular formula is C14H20ClN3O2. The van der Waals surface area contributed by atoms with Gasteiger partial charge in [0.2, 0.25) is 5.91 Å². The first-order valence-corrected chi connectivity index (χ1v) is 6.93. The van der Waals surface area contributed by atoms with Crippen molar-refractivity contribution in [2.75, 3.05) is 25.0 Å². The maximum Gasteiger partial charge on any atom is 0.321 e. The molecular weight excluding hydrogens is 278 g/mol. The average molecular weight is 298 g/mol. The van der Waals surface area contributed by atoms with E-state index in [4.69, 9.17) is 11.6 Å². The largest absolute Gasteiger partial charge is 0.375 e. The highest BCUT2D eigenvalue weighted by Crippen LogP contribution is 2.10. The molecule has 110 valence electrons. The summed E-state index contributed by atoms with van der Waals surface area (Å²) in [5.41, 5.74) is 1.13. The van der Waals surface area contributed by atoms with Gasteiger partial charge in [0.15, 0.2) is 0 Å². The Kier molecular flexibility index (Phi) is 6.87. The maximum absolute atomic E-state index is 11.4. The number of rotatable bonds is 6. The third-order valence-electron chi connectivity index (χ3n) is 2.75. The SMILES string of the molecule is CC(Cl)C(=O)NC(=O)NCCCN(C)c1ccccc1. The molecule has 1 atom stereocenters. The molecule has 1 aromatic carbocycles. The van der Waals surface area contributed by atoms with Crippen molar-refractivity contribution in [3.05, 3.63) is 30.3 Å². The van der Waals surface area contributed by atoms with Gasteiger partial charge in [-0.1, -0.05) is 18.2 Å². The molecule has 0 aromatic heterocycles. The number of halogens is 1. The Morgan fingerprint density at radius 1 is 1.30 bits per heavy atom. The van der Waals surface area contributed by atoms with Crippen molar-refractivity contribution < 1.29 is 9.59 Å². The number of benzene rings is 1. The monoisotopic (exact) mass is 297 g/mol. The fourth-order valence-corrected chi connectivity index (χ4v) is 1.64. The molecule has 20 heavy (non-hydrogen) atoms. The number of nitrogens with zero attached hydrogens (tertiary/aromatic N) is 1. The predicted molar refractivity (Wildman–Crippen MR) is 81.2 cm³/mol. The first-order chi connectivity index (χ1) is 9.50. The summed E-state index contributed by atoms with van der Waals surface area (Å²) in [4.78, 5) is 24.6. The van der Waals surface area contributed by atoms with Crippen LogP contribution in [0.4, 0.5) is 10.5 Å². The highest BCUT2D eigenvalue weighted by Gasteiger charge is 2.12. The molecule has 2 N–H and O–H groups in total. The van der Waals surface area contributed by atoms with Crippen LogP contribution in [0.2, 0.25) is 0 Å². The number of carbonyl (C=O) groups excluding carboxylic acids is 2. The number of hydrogen-bond acceptors (Lipinski definition) is 3. The Balaban J connectivity index is 2.19. The molecule has 0 saturated carbocycles. The Hall–Kier alpha value is -1.75.